The number of rotatable bonds is 1. The fraction of sp³-hybridized carbons (Fsp3) is 0. The quantitative estimate of drug-likeness (QED) is 0.615. The molecule has 1 heterocycles. The van der Waals surface area contributed by atoms with E-state index in [1.807, 2.05) is 0 Å². The van der Waals surface area contributed by atoms with Crippen LogP contribution in [0.5, 0.6) is 0 Å². The Bertz CT molecular complexity index is 400. The van der Waals surface area contributed by atoms with Crippen LogP contribution >= 0.6 is 11.7 Å². The van der Waals surface area contributed by atoms with Gasteiger partial charge in [0, 0.05) is 6.07 Å². The van der Waals surface area contributed by atoms with Gasteiger partial charge in [-0.15, -0.1) is 0 Å². The maximum Gasteiger partial charge on any atom is 0.193 e. The normalized spacial score (nSPS) is 13.5. The molecule has 0 aliphatic carbocycles. The van der Waals surface area contributed by atoms with Gasteiger partial charge in [-0.1, -0.05) is 6.07 Å². The highest BCUT2D eigenvalue weighted by atomic mass is 32.1. The molecule has 1 atom stereocenters. The number of hydrogen-bond acceptors (Lipinski definition) is 5. The summed E-state index contributed by atoms with van der Waals surface area (Å²) >= 11 is 1.02. The lowest BCUT2D eigenvalue weighted by Gasteiger charge is -2.10. The van der Waals surface area contributed by atoms with E-state index in [-0.39, 0.29) is 5.69 Å². The third-order valence-corrected chi connectivity index (χ3v) is 2.06. The summed E-state index contributed by atoms with van der Waals surface area (Å²) in [5, 5.41) is 18.4. The van der Waals surface area contributed by atoms with E-state index in [2.05, 4.69) is 8.75 Å². The van der Waals surface area contributed by atoms with Gasteiger partial charge < -0.3 is 5.21 Å². The summed E-state index contributed by atoms with van der Waals surface area (Å²) in [4.78, 5) is 0. The molecule has 1 unspecified atom stereocenters. The van der Waals surface area contributed by atoms with E-state index in [1.165, 1.54) is 6.07 Å². The van der Waals surface area contributed by atoms with Crippen LogP contribution < -0.4 is 5.23 Å². The molecule has 0 fully saturated rings. The minimum absolute atomic E-state index is 0.209. The van der Waals surface area contributed by atoms with Gasteiger partial charge in [0.15, 0.2) is 11.2 Å². The first-order valence-corrected chi connectivity index (χ1v) is 3.96. The number of benzene rings is 1. The molecule has 1 aromatic carbocycles. The van der Waals surface area contributed by atoms with Gasteiger partial charge in [0.05, 0.1) is 11.7 Å². The van der Waals surface area contributed by atoms with Crippen LogP contribution in [0.3, 0.4) is 0 Å². The van der Waals surface area contributed by atoms with Crippen LogP contribution in [0.15, 0.2) is 18.2 Å². The van der Waals surface area contributed by atoms with E-state index >= 15 is 0 Å². The molecule has 2 rings (SSSR count). The molecule has 0 saturated carbocycles. The fourth-order valence-corrected chi connectivity index (χ4v) is 1.53. The SMILES string of the molecule is [O-][NH+](O)c1cccc2nsnc12. The smallest absolute Gasteiger partial charge is 0.193 e. The van der Waals surface area contributed by atoms with Crippen LogP contribution in [0.2, 0.25) is 0 Å². The van der Waals surface area contributed by atoms with Crippen LogP contribution in [0.4, 0.5) is 5.69 Å². The maximum atomic E-state index is 10.6. The highest BCUT2D eigenvalue weighted by Crippen LogP contribution is 2.17. The van der Waals surface area contributed by atoms with Crippen molar-refractivity contribution in [3.8, 4) is 0 Å². The molecule has 62 valence electrons. The molecule has 2 aromatic rings. The highest BCUT2D eigenvalue weighted by molar-refractivity contribution is 7.00. The Morgan fingerprint density at radius 2 is 2.25 bits per heavy atom. The standard InChI is InChI=1S/C6H5N3O2S/c10-9(11)5-3-1-2-4-6(5)8-12-7-4/h1-3,9-10H. The molecule has 1 aromatic heterocycles. The average molecular weight is 183 g/mol. The van der Waals surface area contributed by atoms with Gasteiger partial charge in [-0.2, -0.15) is 14.0 Å². The Morgan fingerprint density at radius 3 is 3.00 bits per heavy atom. The summed E-state index contributed by atoms with van der Waals surface area (Å²) in [5.74, 6) is 0. The topological polar surface area (TPSA) is 73.5 Å². The molecule has 2 N–H and O–H groups in total. The van der Waals surface area contributed by atoms with Crippen molar-refractivity contribution in [2.75, 3.05) is 0 Å². The van der Waals surface area contributed by atoms with Crippen molar-refractivity contribution < 1.29 is 10.4 Å². The van der Waals surface area contributed by atoms with Crippen LogP contribution in [0.1, 0.15) is 0 Å². The third kappa shape index (κ3) is 1.07. The van der Waals surface area contributed by atoms with Crippen molar-refractivity contribution in [2.45, 2.75) is 0 Å². The van der Waals surface area contributed by atoms with Crippen molar-refractivity contribution in [1.29, 1.82) is 0 Å². The van der Waals surface area contributed by atoms with Gasteiger partial charge in [0.25, 0.3) is 0 Å². The van der Waals surface area contributed by atoms with Crippen molar-refractivity contribution in [3.63, 3.8) is 0 Å². The summed E-state index contributed by atoms with van der Waals surface area (Å²) in [6, 6.07) is 4.92. The Hall–Kier alpha value is -1.08. The first-order chi connectivity index (χ1) is 5.79. The molecule has 0 saturated heterocycles. The lowest BCUT2D eigenvalue weighted by Crippen LogP contribution is -2.99. The fourth-order valence-electron chi connectivity index (χ4n) is 0.979. The third-order valence-electron chi connectivity index (χ3n) is 1.52. The molecule has 6 heteroatoms. The van der Waals surface area contributed by atoms with Crippen molar-refractivity contribution >= 4 is 28.4 Å². The minimum Gasteiger partial charge on any atom is -0.595 e. The van der Waals surface area contributed by atoms with E-state index in [0.717, 1.165) is 11.7 Å². The molecule has 0 spiro atoms. The number of fused-ring (bicyclic) bond motifs is 1. The van der Waals surface area contributed by atoms with E-state index in [9.17, 15) is 5.21 Å². The molecule has 0 radical (unpaired) electrons. The minimum atomic E-state index is -0.965. The van der Waals surface area contributed by atoms with Crippen molar-refractivity contribution in [1.82, 2.24) is 8.75 Å². The van der Waals surface area contributed by atoms with Gasteiger partial charge in [0.1, 0.15) is 5.52 Å². The summed E-state index contributed by atoms with van der Waals surface area (Å²) < 4.78 is 7.82. The monoisotopic (exact) mass is 183 g/mol. The van der Waals surface area contributed by atoms with Gasteiger partial charge in [-0.25, -0.2) is 5.21 Å². The average Bonchev–Trinajstić information content (AvgIpc) is 2.49. The van der Waals surface area contributed by atoms with Crippen molar-refractivity contribution in [3.05, 3.63) is 23.4 Å². The lowest BCUT2D eigenvalue weighted by atomic mass is 10.3. The Kier molecular flexibility index (Phi) is 1.74. The van der Waals surface area contributed by atoms with Gasteiger partial charge >= 0.3 is 0 Å². The lowest BCUT2D eigenvalue weighted by molar-refractivity contribution is -0.990. The molecule has 0 bridgehead atoms. The number of nitrogens with zero attached hydrogens (tertiary/aromatic N) is 2. The van der Waals surface area contributed by atoms with Crippen LogP contribution in [0.25, 0.3) is 11.0 Å². The summed E-state index contributed by atoms with van der Waals surface area (Å²) in [5.41, 5.74) is 1.32. The number of quaternary nitrogens is 1. The molecular formula is C6H5N3O2S. The highest BCUT2D eigenvalue weighted by Gasteiger charge is 2.09. The largest absolute Gasteiger partial charge is 0.595 e. The van der Waals surface area contributed by atoms with E-state index in [1.54, 1.807) is 12.1 Å². The predicted octanol–water partition coefficient (Wildman–Crippen LogP) is 0.0947. The molecule has 0 amide bonds. The van der Waals surface area contributed by atoms with Crippen LogP contribution in [0, 0.1) is 5.21 Å². The molecule has 12 heavy (non-hydrogen) atoms. The molecule has 0 aliphatic heterocycles. The zero-order valence-electron chi connectivity index (χ0n) is 5.89. The number of hydrogen-bond donors (Lipinski definition) is 2. The Morgan fingerprint density at radius 1 is 1.42 bits per heavy atom. The zero-order chi connectivity index (χ0) is 8.55. The van der Waals surface area contributed by atoms with Crippen LogP contribution in [-0.4, -0.2) is 14.0 Å². The maximum absolute atomic E-state index is 10.6. The van der Waals surface area contributed by atoms with Gasteiger partial charge in [0.2, 0.25) is 0 Å². The summed E-state index contributed by atoms with van der Waals surface area (Å²) in [6.07, 6.45) is 0. The first kappa shape index (κ1) is 7.56. The summed E-state index contributed by atoms with van der Waals surface area (Å²) in [7, 11) is 0. The van der Waals surface area contributed by atoms with E-state index < -0.39 is 5.23 Å². The second kappa shape index (κ2) is 2.76. The number of nitrogens with one attached hydrogen (secondary N) is 1. The zero-order valence-corrected chi connectivity index (χ0v) is 6.71. The van der Waals surface area contributed by atoms with Crippen LogP contribution in [-0.2, 0) is 0 Å². The van der Waals surface area contributed by atoms with Crippen molar-refractivity contribution in [2.24, 2.45) is 0 Å². The summed E-state index contributed by atoms with van der Waals surface area (Å²) in [6.45, 7) is 0. The molecular weight excluding hydrogens is 178 g/mol. The second-order valence-electron chi connectivity index (χ2n) is 2.24. The predicted molar refractivity (Wildman–Crippen MR) is 43.2 cm³/mol. The Labute approximate surface area is 71.7 Å². The molecule has 0 aliphatic rings. The van der Waals surface area contributed by atoms with E-state index in [0.29, 0.717) is 11.0 Å². The number of aromatic nitrogens is 2. The Balaban J connectivity index is 2.73. The second-order valence-corrected chi connectivity index (χ2v) is 2.77. The van der Waals surface area contributed by atoms with Gasteiger partial charge in [-0.05, 0) is 6.07 Å². The first-order valence-electron chi connectivity index (χ1n) is 3.23. The van der Waals surface area contributed by atoms with Gasteiger partial charge in [-0.3, -0.25) is 0 Å². The van der Waals surface area contributed by atoms with E-state index in [4.69, 9.17) is 5.21 Å². The molecule has 5 nitrogen and oxygen atoms in total.